The van der Waals surface area contributed by atoms with E-state index in [1.807, 2.05) is 4.90 Å². The first-order chi connectivity index (χ1) is 8.75. The SMILES string of the molecule is Nc1ccncc1C(=O)N1CCN2CCCC2C1. The van der Waals surface area contributed by atoms with Gasteiger partial charge in [0.25, 0.3) is 5.91 Å². The summed E-state index contributed by atoms with van der Waals surface area (Å²) < 4.78 is 0. The van der Waals surface area contributed by atoms with Gasteiger partial charge in [-0.05, 0) is 25.5 Å². The fraction of sp³-hybridized carbons (Fsp3) is 0.538. The van der Waals surface area contributed by atoms with Crippen molar-refractivity contribution in [2.45, 2.75) is 18.9 Å². The Morgan fingerprint density at radius 2 is 2.28 bits per heavy atom. The molecular weight excluding hydrogens is 228 g/mol. The fourth-order valence-electron chi connectivity index (χ4n) is 2.93. The minimum atomic E-state index is 0.0205. The highest BCUT2D eigenvalue weighted by atomic mass is 16.2. The van der Waals surface area contributed by atoms with Gasteiger partial charge in [0.05, 0.1) is 5.56 Å². The first kappa shape index (κ1) is 11.5. The average molecular weight is 246 g/mol. The monoisotopic (exact) mass is 246 g/mol. The van der Waals surface area contributed by atoms with Crippen molar-refractivity contribution >= 4 is 11.6 Å². The number of amides is 1. The maximum absolute atomic E-state index is 12.4. The molecule has 0 aliphatic carbocycles. The molecule has 0 radical (unpaired) electrons. The first-order valence-corrected chi connectivity index (χ1v) is 6.48. The van der Waals surface area contributed by atoms with Gasteiger partial charge in [0.15, 0.2) is 0 Å². The lowest BCUT2D eigenvalue weighted by molar-refractivity contribution is 0.0572. The van der Waals surface area contributed by atoms with E-state index in [2.05, 4.69) is 9.88 Å². The van der Waals surface area contributed by atoms with Gasteiger partial charge in [-0.2, -0.15) is 0 Å². The quantitative estimate of drug-likeness (QED) is 0.787. The van der Waals surface area contributed by atoms with Crippen molar-refractivity contribution in [2.75, 3.05) is 31.9 Å². The van der Waals surface area contributed by atoms with Crippen LogP contribution >= 0.6 is 0 Å². The molecule has 2 saturated heterocycles. The van der Waals surface area contributed by atoms with Crippen LogP contribution in [0.4, 0.5) is 5.69 Å². The summed E-state index contributed by atoms with van der Waals surface area (Å²) in [4.78, 5) is 20.8. The van der Waals surface area contributed by atoms with Crippen molar-refractivity contribution in [1.29, 1.82) is 0 Å². The molecule has 18 heavy (non-hydrogen) atoms. The molecule has 3 rings (SSSR count). The van der Waals surface area contributed by atoms with Crippen LogP contribution in [0.25, 0.3) is 0 Å². The van der Waals surface area contributed by atoms with Crippen LogP contribution in [-0.2, 0) is 0 Å². The zero-order valence-electron chi connectivity index (χ0n) is 10.4. The molecule has 2 fully saturated rings. The lowest BCUT2D eigenvalue weighted by Crippen LogP contribution is -2.52. The van der Waals surface area contributed by atoms with Gasteiger partial charge in [0.2, 0.25) is 0 Å². The Balaban J connectivity index is 1.75. The normalized spacial score (nSPS) is 24.0. The van der Waals surface area contributed by atoms with Crippen LogP contribution in [0.15, 0.2) is 18.5 Å². The third-order valence-electron chi connectivity index (χ3n) is 3.96. The lowest BCUT2D eigenvalue weighted by Gasteiger charge is -2.37. The number of pyridine rings is 1. The number of fused-ring (bicyclic) bond motifs is 1. The number of rotatable bonds is 1. The third kappa shape index (κ3) is 1.95. The van der Waals surface area contributed by atoms with E-state index in [1.54, 1.807) is 18.5 Å². The van der Waals surface area contributed by atoms with E-state index in [4.69, 9.17) is 5.73 Å². The topological polar surface area (TPSA) is 62.5 Å². The number of nitrogen functional groups attached to an aromatic ring is 1. The third-order valence-corrected chi connectivity index (χ3v) is 3.96. The second-order valence-corrected chi connectivity index (χ2v) is 5.05. The van der Waals surface area contributed by atoms with Gasteiger partial charge in [-0.1, -0.05) is 0 Å². The second kappa shape index (κ2) is 4.57. The molecule has 5 heteroatoms. The summed E-state index contributed by atoms with van der Waals surface area (Å²) in [5.41, 5.74) is 6.89. The molecule has 1 unspecified atom stereocenters. The number of hydrogen-bond acceptors (Lipinski definition) is 4. The summed E-state index contributed by atoms with van der Waals surface area (Å²) in [5.74, 6) is 0.0205. The Morgan fingerprint density at radius 1 is 1.39 bits per heavy atom. The van der Waals surface area contributed by atoms with Crippen LogP contribution < -0.4 is 5.73 Å². The zero-order valence-corrected chi connectivity index (χ0v) is 10.4. The number of carbonyl (C=O) groups excluding carboxylic acids is 1. The van der Waals surface area contributed by atoms with Crippen molar-refractivity contribution in [2.24, 2.45) is 0 Å². The highest BCUT2D eigenvalue weighted by Crippen LogP contribution is 2.23. The zero-order chi connectivity index (χ0) is 12.5. The molecule has 0 aromatic carbocycles. The number of aromatic nitrogens is 1. The van der Waals surface area contributed by atoms with Crippen LogP contribution in [0, 0.1) is 0 Å². The van der Waals surface area contributed by atoms with Crippen molar-refractivity contribution < 1.29 is 4.79 Å². The maximum Gasteiger partial charge on any atom is 0.257 e. The van der Waals surface area contributed by atoms with Gasteiger partial charge < -0.3 is 10.6 Å². The number of hydrogen-bond donors (Lipinski definition) is 1. The molecule has 1 atom stereocenters. The Morgan fingerprint density at radius 3 is 3.11 bits per heavy atom. The Bertz CT molecular complexity index is 462. The van der Waals surface area contributed by atoms with E-state index in [-0.39, 0.29) is 5.91 Å². The molecule has 2 N–H and O–H groups in total. The van der Waals surface area contributed by atoms with Crippen LogP contribution in [-0.4, -0.2) is 52.9 Å². The summed E-state index contributed by atoms with van der Waals surface area (Å²) >= 11 is 0. The minimum Gasteiger partial charge on any atom is -0.398 e. The molecule has 2 aliphatic rings. The summed E-state index contributed by atoms with van der Waals surface area (Å²) in [6, 6.07) is 2.22. The highest BCUT2D eigenvalue weighted by Gasteiger charge is 2.33. The van der Waals surface area contributed by atoms with Gasteiger partial charge in [0.1, 0.15) is 0 Å². The molecule has 0 spiro atoms. The predicted molar refractivity (Wildman–Crippen MR) is 69.1 cm³/mol. The van der Waals surface area contributed by atoms with Gasteiger partial charge in [-0.15, -0.1) is 0 Å². The van der Waals surface area contributed by atoms with Crippen LogP contribution in [0.2, 0.25) is 0 Å². The summed E-state index contributed by atoms with van der Waals surface area (Å²) in [5, 5.41) is 0. The molecule has 96 valence electrons. The van der Waals surface area contributed by atoms with E-state index < -0.39 is 0 Å². The minimum absolute atomic E-state index is 0.0205. The largest absolute Gasteiger partial charge is 0.398 e. The van der Waals surface area contributed by atoms with E-state index in [0.717, 1.165) is 19.6 Å². The molecule has 3 heterocycles. The number of piperazine rings is 1. The molecule has 1 aromatic heterocycles. The summed E-state index contributed by atoms with van der Waals surface area (Å²) in [6.07, 6.45) is 5.63. The maximum atomic E-state index is 12.4. The smallest absolute Gasteiger partial charge is 0.257 e. The van der Waals surface area contributed by atoms with Crippen LogP contribution in [0.5, 0.6) is 0 Å². The van der Waals surface area contributed by atoms with Crippen molar-refractivity contribution in [3.05, 3.63) is 24.0 Å². The van der Waals surface area contributed by atoms with E-state index in [9.17, 15) is 4.79 Å². The number of anilines is 1. The van der Waals surface area contributed by atoms with Crippen molar-refractivity contribution in [3.8, 4) is 0 Å². The molecule has 1 amide bonds. The fourth-order valence-corrected chi connectivity index (χ4v) is 2.93. The van der Waals surface area contributed by atoms with E-state index >= 15 is 0 Å². The number of nitrogens with zero attached hydrogens (tertiary/aromatic N) is 3. The molecule has 0 bridgehead atoms. The van der Waals surface area contributed by atoms with Crippen molar-refractivity contribution in [3.63, 3.8) is 0 Å². The van der Waals surface area contributed by atoms with Crippen LogP contribution in [0.3, 0.4) is 0 Å². The molecular formula is C13H18N4O. The standard InChI is InChI=1S/C13H18N4O/c14-12-3-4-15-8-11(12)13(18)17-7-6-16-5-1-2-10(16)9-17/h3-4,8,10H,1-2,5-7,9H2,(H2,14,15). The molecule has 5 nitrogen and oxygen atoms in total. The average Bonchev–Trinajstić information content (AvgIpc) is 2.85. The number of carbonyl (C=O) groups is 1. The van der Waals surface area contributed by atoms with Gasteiger partial charge in [-0.3, -0.25) is 14.7 Å². The lowest BCUT2D eigenvalue weighted by atomic mass is 10.1. The Kier molecular flexibility index (Phi) is 2.91. The van der Waals surface area contributed by atoms with Gasteiger partial charge >= 0.3 is 0 Å². The van der Waals surface area contributed by atoms with Crippen molar-refractivity contribution in [1.82, 2.24) is 14.8 Å². The van der Waals surface area contributed by atoms with E-state index in [0.29, 0.717) is 17.3 Å². The summed E-state index contributed by atoms with van der Waals surface area (Å²) in [7, 11) is 0. The van der Waals surface area contributed by atoms with Gasteiger partial charge in [-0.25, -0.2) is 0 Å². The van der Waals surface area contributed by atoms with Gasteiger partial charge in [0, 0.05) is 43.8 Å². The highest BCUT2D eigenvalue weighted by molar-refractivity contribution is 5.98. The molecule has 0 saturated carbocycles. The van der Waals surface area contributed by atoms with E-state index in [1.165, 1.54) is 19.4 Å². The Labute approximate surface area is 107 Å². The second-order valence-electron chi connectivity index (χ2n) is 5.05. The predicted octanol–water partition coefficient (Wildman–Crippen LogP) is 0.584. The summed E-state index contributed by atoms with van der Waals surface area (Å²) in [6.45, 7) is 3.79. The molecule has 1 aromatic rings. The Hall–Kier alpha value is -1.62. The first-order valence-electron chi connectivity index (χ1n) is 6.48. The molecule has 2 aliphatic heterocycles. The van der Waals surface area contributed by atoms with Crippen LogP contribution in [0.1, 0.15) is 23.2 Å². The number of nitrogens with two attached hydrogens (primary N) is 1.